The molecule has 0 radical (unpaired) electrons. The Labute approximate surface area is 197 Å². The number of carbonyl (C=O) groups excluding carboxylic acids is 2. The van der Waals surface area contributed by atoms with Crippen molar-refractivity contribution in [3.63, 3.8) is 0 Å². The second kappa shape index (κ2) is 10.8. The van der Waals surface area contributed by atoms with Crippen LogP contribution < -0.4 is 0 Å². The molecule has 0 saturated carbocycles. The predicted molar refractivity (Wildman–Crippen MR) is 132 cm³/mol. The molecule has 0 N–H and O–H groups in total. The minimum Gasteiger partial charge on any atom is -0.364 e. The molecule has 1 fully saturated rings. The van der Waals surface area contributed by atoms with Crippen LogP contribution >= 0.6 is 0 Å². The molecular formula is C28H35N3O2. The zero-order valence-electron chi connectivity index (χ0n) is 19.9. The van der Waals surface area contributed by atoms with Gasteiger partial charge in [0.15, 0.2) is 0 Å². The highest BCUT2D eigenvalue weighted by atomic mass is 16.2. The van der Waals surface area contributed by atoms with E-state index >= 15 is 0 Å². The summed E-state index contributed by atoms with van der Waals surface area (Å²) in [5.41, 5.74) is 4.46. The molecule has 0 aliphatic carbocycles. The molecule has 5 nitrogen and oxygen atoms in total. The summed E-state index contributed by atoms with van der Waals surface area (Å²) < 4.78 is 0. The zero-order valence-corrected chi connectivity index (χ0v) is 19.9. The van der Waals surface area contributed by atoms with E-state index in [4.69, 9.17) is 0 Å². The lowest BCUT2D eigenvalue weighted by Crippen LogP contribution is -2.47. The van der Waals surface area contributed by atoms with E-state index < -0.39 is 0 Å². The molecule has 2 aliphatic rings. The summed E-state index contributed by atoms with van der Waals surface area (Å²) in [7, 11) is 0. The molecule has 2 amide bonds. The van der Waals surface area contributed by atoms with Gasteiger partial charge in [-0.25, -0.2) is 0 Å². The molecular weight excluding hydrogens is 410 g/mol. The lowest BCUT2D eigenvalue weighted by molar-refractivity contribution is -0.137. The Morgan fingerprint density at radius 2 is 1.48 bits per heavy atom. The van der Waals surface area contributed by atoms with Gasteiger partial charge in [-0.1, -0.05) is 86.3 Å². The monoisotopic (exact) mass is 445 g/mol. The fourth-order valence-corrected chi connectivity index (χ4v) is 4.71. The van der Waals surface area contributed by atoms with Crippen molar-refractivity contribution in [3.8, 4) is 0 Å². The minimum absolute atomic E-state index is 0.122. The SMILES string of the molecule is CCCCCCN1C(=O)C(c2ccc(C)cc2)=C(N2CCN(Cc3ccccc3)CC2)C1=O. The molecule has 1 saturated heterocycles. The van der Waals surface area contributed by atoms with Crippen LogP contribution in [0.25, 0.3) is 5.57 Å². The Hall–Kier alpha value is -2.92. The number of hydrogen-bond donors (Lipinski definition) is 0. The van der Waals surface area contributed by atoms with Gasteiger partial charge in [-0.05, 0) is 24.5 Å². The quantitative estimate of drug-likeness (QED) is 0.422. The van der Waals surface area contributed by atoms with Crippen molar-refractivity contribution in [2.45, 2.75) is 46.1 Å². The molecule has 4 rings (SSSR count). The van der Waals surface area contributed by atoms with Gasteiger partial charge in [0.25, 0.3) is 11.8 Å². The van der Waals surface area contributed by atoms with Crippen molar-refractivity contribution in [3.05, 3.63) is 77.0 Å². The number of carbonyl (C=O) groups is 2. The van der Waals surface area contributed by atoms with Crippen LogP contribution in [-0.4, -0.2) is 59.2 Å². The molecule has 2 aromatic carbocycles. The van der Waals surface area contributed by atoms with E-state index in [1.165, 1.54) is 10.5 Å². The average molecular weight is 446 g/mol. The largest absolute Gasteiger partial charge is 0.364 e. The molecule has 2 aliphatic heterocycles. The van der Waals surface area contributed by atoms with E-state index in [2.05, 4.69) is 41.0 Å². The summed E-state index contributed by atoms with van der Waals surface area (Å²) in [5.74, 6) is -0.259. The van der Waals surface area contributed by atoms with E-state index in [1.54, 1.807) is 0 Å². The van der Waals surface area contributed by atoms with Crippen LogP contribution in [0.5, 0.6) is 0 Å². The van der Waals surface area contributed by atoms with Crippen LogP contribution in [0.15, 0.2) is 60.3 Å². The van der Waals surface area contributed by atoms with Gasteiger partial charge in [0.1, 0.15) is 5.70 Å². The van der Waals surface area contributed by atoms with Gasteiger partial charge in [-0.2, -0.15) is 0 Å². The molecule has 0 atom stereocenters. The third-order valence-electron chi connectivity index (χ3n) is 6.66. The highest BCUT2D eigenvalue weighted by Crippen LogP contribution is 2.32. The summed E-state index contributed by atoms with van der Waals surface area (Å²) in [5, 5.41) is 0. The minimum atomic E-state index is -0.137. The molecule has 5 heteroatoms. The molecule has 0 aromatic heterocycles. The van der Waals surface area contributed by atoms with Crippen LogP contribution in [0, 0.1) is 6.92 Å². The number of imide groups is 1. The number of hydrogen-bond acceptors (Lipinski definition) is 4. The Kier molecular flexibility index (Phi) is 7.61. The van der Waals surface area contributed by atoms with Crippen LogP contribution in [0.2, 0.25) is 0 Å². The Morgan fingerprint density at radius 1 is 0.788 bits per heavy atom. The van der Waals surface area contributed by atoms with Gasteiger partial charge >= 0.3 is 0 Å². The lowest BCUT2D eigenvalue weighted by atomic mass is 10.0. The maximum atomic E-state index is 13.5. The van der Waals surface area contributed by atoms with E-state index in [1.807, 2.05) is 37.3 Å². The Morgan fingerprint density at radius 3 is 2.15 bits per heavy atom. The van der Waals surface area contributed by atoms with E-state index in [0.29, 0.717) is 17.8 Å². The average Bonchev–Trinajstić information content (AvgIpc) is 3.08. The fraction of sp³-hybridized carbons (Fsp3) is 0.429. The Bertz CT molecular complexity index is 990. The van der Waals surface area contributed by atoms with Crippen LogP contribution in [-0.2, 0) is 16.1 Å². The molecule has 0 spiro atoms. The third kappa shape index (κ3) is 5.36. The van der Waals surface area contributed by atoms with Gasteiger partial charge in [0.05, 0.1) is 5.57 Å². The number of unbranched alkanes of at least 4 members (excludes halogenated alkanes) is 3. The summed E-state index contributed by atoms with van der Waals surface area (Å²) in [6.45, 7) is 8.86. The van der Waals surface area contributed by atoms with Crippen molar-refractivity contribution in [2.75, 3.05) is 32.7 Å². The van der Waals surface area contributed by atoms with E-state index in [-0.39, 0.29) is 11.8 Å². The van der Waals surface area contributed by atoms with Gasteiger partial charge in [0.2, 0.25) is 0 Å². The van der Waals surface area contributed by atoms with Crippen molar-refractivity contribution < 1.29 is 9.59 Å². The lowest BCUT2D eigenvalue weighted by Gasteiger charge is -2.36. The first-order chi connectivity index (χ1) is 16.1. The number of rotatable bonds is 9. The van der Waals surface area contributed by atoms with Gasteiger partial charge < -0.3 is 4.90 Å². The second-order valence-electron chi connectivity index (χ2n) is 9.16. The smallest absolute Gasteiger partial charge is 0.277 e. The molecule has 2 heterocycles. The van der Waals surface area contributed by atoms with Crippen molar-refractivity contribution >= 4 is 17.4 Å². The summed E-state index contributed by atoms with van der Waals surface area (Å²) in [6.07, 6.45) is 4.17. The number of amides is 2. The molecule has 2 aromatic rings. The topological polar surface area (TPSA) is 43.9 Å². The van der Waals surface area contributed by atoms with Crippen LogP contribution in [0.3, 0.4) is 0 Å². The fourth-order valence-electron chi connectivity index (χ4n) is 4.71. The van der Waals surface area contributed by atoms with Crippen LogP contribution in [0.1, 0.15) is 49.3 Å². The number of nitrogens with zero attached hydrogens (tertiary/aromatic N) is 3. The second-order valence-corrected chi connectivity index (χ2v) is 9.16. The van der Waals surface area contributed by atoms with Crippen molar-refractivity contribution in [1.82, 2.24) is 14.7 Å². The molecule has 174 valence electrons. The van der Waals surface area contributed by atoms with Gasteiger partial charge in [-0.15, -0.1) is 0 Å². The Balaban J connectivity index is 1.52. The van der Waals surface area contributed by atoms with Crippen molar-refractivity contribution in [1.29, 1.82) is 0 Å². The summed E-state index contributed by atoms with van der Waals surface area (Å²) in [4.78, 5) is 33.0. The number of piperazine rings is 1. The summed E-state index contributed by atoms with van der Waals surface area (Å²) >= 11 is 0. The van der Waals surface area contributed by atoms with Gasteiger partial charge in [-0.3, -0.25) is 19.4 Å². The standard InChI is InChI=1S/C28H35N3O2/c1-3-4-5-9-16-31-27(32)25(24-14-12-22(2)13-15-24)26(28(31)33)30-19-17-29(18-20-30)21-23-10-7-6-8-11-23/h6-8,10-15H,3-5,9,16-21H2,1-2H3. The summed E-state index contributed by atoms with van der Waals surface area (Å²) in [6, 6.07) is 18.5. The third-order valence-corrected chi connectivity index (χ3v) is 6.66. The van der Waals surface area contributed by atoms with Gasteiger partial charge in [0, 0.05) is 39.3 Å². The zero-order chi connectivity index (χ0) is 23.2. The molecule has 33 heavy (non-hydrogen) atoms. The number of aryl methyl sites for hydroxylation is 1. The maximum absolute atomic E-state index is 13.5. The highest BCUT2D eigenvalue weighted by Gasteiger charge is 2.41. The molecule has 0 unspecified atom stereocenters. The maximum Gasteiger partial charge on any atom is 0.277 e. The predicted octanol–water partition coefficient (Wildman–Crippen LogP) is 4.47. The molecule has 0 bridgehead atoms. The normalized spacial score (nSPS) is 17.4. The van der Waals surface area contributed by atoms with E-state index in [0.717, 1.165) is 69.5 Å². The van der Waals surface area contributed by atoms with Crippen molar-refractivity contribution in [2.24, 2.45) is 0 Å². The number of benzene rings is 2. The first-order valence-electron chi connectivity index (χ1n) is 12.3. The van der Waals surface area contributed by atoms with E-state index in [9.17, 15) is 9.59 Å². The highest BCUT2D eigenvalue weighted by molar-refractivity contribution is 6.35. The first kappa shape index (κ1) is 23.2. The van der Waals surface area contributed by atoms with Crippen LogP contribution in [0.4, 0.5) is 0 Å². The first-order valence-corrected chi connectivity index (χ1v) is 12.3.